The first kappa shape index (κ1) is 13.6. The Kier molecular flexibility index (Phi) is 3.34. The molecule has 0 atom stereocenters. The van der Waals surface area contributed by atoms with Crippen LogP contribution in [0.4, 0.5) is 0 Å². The third kappa shape index (κ3) is 2.94. The standard InChI is InChI=1S/C13H19N3O3/c1-13(2,3)6-10(17)16-5-4-8-9(7-16)14-15-11(8)12(18)19/h4-7H2,1-3H3,(H,14,15)(H,18,19). The highest BCUT2D eigenvalue weighted by Crippen LogP contribution is 2.24. The molecule has 2 rings (SSSR count). The summed E-state index contributed by atoms with van der Waals surface area (Å²) in [7, 11) is 0. The maximum absolute atomic E-state index is 12.1. The smallest absolute Gasteiger partial charge is 0.356 e. The Bertz CT molecular complexity index is 514. The Morgan fingerprint density at radius 1 is 1.42 bits per heavy atom. The number of aromatic nitrogens is 2. The number of carbonyl (C=O) groups is 2. The van der Waals surface area contributed by atoms with Crippen molar-refractivity contribution >= 4 is 11.9 Å². The zero-order valence-electron chi connectivity index (χ0n) is 11.5. The molecule has 1 aromatic heterocycles. The molecule has 0 saturated heterocycles. The number of hydrogen-bond donors (Lipinski definition) is 2. The number of nitrogens with one attached hydrogen (secondary N) is 1. The third-order valence-corrected chi connectivity index (χ3v) is 3.17. The summed E-state index contributed by atoms with van der Waals surface area (Å²) >= 11 is 0. The lowest BCUT2D eigenvalue weighted by molar-refractivity contribution is -0.134. The van der Waals surface area contributed by atoms with E-state index in [0.717, 1.165) is 11.3 Å². The average molecular weight is 265 g/mol. The van der Waals surface area contributed by atoms with Gasteiger partial charge in [0.1, 0.15) is 0 Å². The van der Waals surface area contributed by atoms with Crippen LogP contribution in [0.3, 0.4) is 0 Å². The van der Waals surface area contributed by atoms with Gasteiger partial charge in [-0.25, -0.2) is 4.79 Å². The van der Waals surface area contributed by atoms with Crippen molar-refractivity contribution in [3.63, 3.8) is 0 Å². The first-order valence-corrected chi connectivity index (χ1v) is 6.35. The van der Waals surface area contributed by atoms with E-state index in [4.69, 9.17) is 5.11 Å². The van der Waals surface area contributed by atoms with Crippen LogP contribution in [0, 0.1) is 5.41 Å². The second-order valence-corrected chi connectivity index (χ2v) is 6.14. The number of carboxylic acids is 1. The van der Waals surface area contributed by atoms with Crippen molar-refractivity contribution in [3.05, 3.63) is 17.0 Å². The highest BCUT2D eigenvalue weighted by molar-refractivity contribution is 5.87. The number of hydrogen-bond acceptors (Lipinski definition) is 3. The molecule has 2 N–H and O–H groups in total. The number of fused-ring (bicyclic) bond motifs is 1. The minimum atomic E-state index is -1.02. The molecule has 104 valence electrons. The number of aromatic carboxylic acids is 1. The molecule has 6 nitrogen and oxygen atoms in total. The third-order valence-electron chi connectivity index (χ3n) is 3.17. The van der Waals surface area contributed by atoms with Crippen molar-refractivity contribution in [1.29, 1.82) is 0 Å². The minimum Gasteiger partial charge on any atom is -0.476 e. The van der Waals surface area contributed by atoms with Gasteiger partial charge in [0.2, 0.25) is 5.91 Å². The predicted molar refractivity (Wildman–Crippen MR) is 68.7 cm³/mol. The molecule has 0 radical (unpaired) electrons. The summed E-state index contributed by atoms with van der Waals surface area (Å²) in [6.45, 7) is 7.06. The zero-order chi connectivity index (χ0) is 14.2. The van der Waals surface area contributed by atoms with Gasteiger partial charge in [0.15, 0.2) is 5.69 Å². The average Bonchev–Trinajstić information content (AvgIpc) is 2.68. The molecule has 0 unspecified atom stereocenters. The number of carbonyl (C=O) groups excluding carboxylic acids is 1. The van der Waals surface area contributed by atoms with Gasteiger partial charge in [-0.3, -0.25) is 9.89 Å². The molecule has 1 amide bonds. The number of H-pyrrole nitrogens is 1. The Hall–Kier alpha value is -1.85. The summed E-state index contributed by atoms with van der Waals surface area (Å²) in [5.74, 6) is -0.920. The second-order valence-electron chi connectivity index (χ2n) is 6.14. The van der Waals surface area contributed by atoms with Crippen molar-refractivity contribution < 1.29 is 14.7 Å². The number of nitrogens with zero attached hydrogens (tertiary/aromatic N) is 2. The molecular weight excluding hydrogens is 246 g/mol. The molecule has 0 bridgehead atoms. The molecule has 0 fully saturated rings. The lowest BCUT2D eigenvalue weighted by Gasteiger charge is -2.29. The van der Waals surface area contributed by atoms with E-state index in [9.17, 15) is 9.59 Å². The molecule has 1 aromatic rings. The normalized spacial score (nSPS) is 15.2. The van der Waals surface area contributed by atoms with Crippen molar-refractivity contribution in [2.45, 2.75) is 40.2 Å². The number of aromatic amines is 1. The summed E-state index contributed by atoms with van der Waals surface area (Å²) in [5, 5.41) is 15.5. The second kappa shape index (κ2) is 4.68. The first-order valence-electron chi connectivity index (χ1n) is 6.35. The van der Waals surface area contributed by atoms with Gasteiger partial charge >= 0.3 is 5.97 Å². The molecular formula is C13H19N3O3. The zero-order valence-corrected chi connectivity index (χ0v) is 11.5. The molecule has 0 aromatic carbocycles. The van der Waals surface area contributed by atoms with Crippen LogP contribution < -0.4 is 0 Å². The van der Waals surface area contributed by atoms with Gasteiger partial charge in [0, 0.05) is 18.5 Å². The fraction of sp³-hybridized carbons (Fsp3) is 0.615. The number of carboxylic acid groups (broad SMARTS) is 1. The molecule has 1 aliphatic heterocycles. The van der Waals surface area contributed by atoms with Crippen LogP contribution in [0.25, 0.3) is 0 Å². The van der Waals surface area contributed by atoms with Gasteiger partial charge in [0.05, 0.1) is 12.2 Å². The van der Waals surface area contributed by atoms with E-state index in [1.807, 2.05) is 20.8 Å². The van der Waals surface area contributed by atoms with Crippen LogP contribution in [-0.2, 0) is 17.8 Å². The van der Waals surface area contributed by atoms with Crippen LogP contribution in [0.5, 0.6) is 0 Å². The largest absolute Gasteiger partial charge is 0.476 e. The van der Waals surface area contributed by atoms with E-state index < -0.39 is 5.97 Å². The number of rotatable bonds is 2. The Labute approximate surface area is 111 Å². The topological polar surface area (TPSA) is 86.3 Å². The first-order chi connectivity index (χ1) is 8.78. The highest BCUT2D eigenvalue weighted by Gasteiger charge is 2.28. The van der Waals surface area contributed by atoms with Crippen LogP contribution in [0.2, 0.25) is 0 Å². The summed E-state index contributed by atoms with van der Waals surface area (Å²) in [6.07, 6.45) is 1.03. The van der Waals surface area contributed by atoms with Gasteiger partial charge in [-0.05, 0) is 11.8 Å². The van der Waals surface area contributed by atoms with Crippen LogP contribution in [-0.4, -0.2) is 38.6 Å². The molecule has 0 saturated carbocycles. The van der Waals surface area contributed by atoms with E-state index in [-0.39, 0.29) is 17.0 Å². The molecule has 2 heterocycles. The Morgan fingerprint density at radius 3 is 2.68 bits per heavy atom. The maximum Gasteiger partial charge on any atom is 0.356 e. The molecule has 19 heavy (non-hydrogen) atoms. The van der Waals surface area contributed by atoms with E-state index in [1.165, 1.54) is 0 Å². The van der Waals surface area contributed by atoms with Crippen LogP contribution in [0.15, 0.2) is 0 Å². The van der Waals surface area contributed by atoms with Crippen molar-refractivity contribution in [1.82, 2.24) is 15.1 Å². The van der Waals surface area contributed by atoms with Gasteiger partial charge in [0.25, 0.3) is 0 Å². The fourth-order valence-electron chi connectivity index (χ4n) is 2.27. The lowest BCUT2D eigenvalue weighted by atomic mass is 9.91. The summed E-state index contributed by atoms with van der Waals surface area (Å²) in [4.78, 5) is 24.9. The van der Waals surface area contributed by atoms with Crippen LogP contribution >= 0.6 is 0 Å². The van der Waals surface area contributed by atoms with Crippen molar-refractivity contribution in [3.8, 4) is 0 Å². The van der Waals surface area contributed by atoms with Crippen LogP contribution in [0.1, 0.15) is 48.9 Å². The van der Waals surface area contributed by atoms with E-state index in [1.54, 1.807) is 4.90 Å². The van der Waals surface area contributed by atoms with Gasteiger partial charge in [-0.1, -0.05) is 20.8 Å². The number of amides is 1. The molecule has 0 aliphatic carbocycles. The molecule has 0 spiro atoms. The highest BCUT2D eigenvalue weighted by atomic mass is 16.4. The molecule has 6 heteroatoms. The SMILES string of the molecule is CC(C)(C)CC(=O)N1CCc2c(C(=O)O)n[nH]c2C1. The summed E-state index contributed by atoms with van der Waals surface area (Å²) < 4.78 is 0. The van der Waals surface area contributed by atoms with E-state index >= 15 is 0 Å². The monoisotopic (exact) mass is 265 g/mol. The fourth-order valence-corrected chi connectivity index (χ4v) is 2.27. The van der Waals surface area contributed by atoms with Crippen molar-refractivity contribution in [2.24, 2.45) is 5.41 Å². The van der Waals surface area contributed by atoms with Gasteiger partial charge in [-0.2, -0.15) is 5.10 Å². The minimum absolute atomic E-state index is 0.0441. The lowest BCUT2D eigenvalue weighted by Crippen LogP contribution is -2.37. The maximum atomic E-state index is 12.1. The Morgan fingerprint density at radius 2 is 2.11 bits per heavy atom. The van der Waals surface area contributed by atoms with E-state index in [2.05, 4.69) is 10.2 Å². The van der Waals surface area contributed by atoms with Gasteiger partial charge in [-0.15, -0.1) is 0 Å². The summed E-state index contributed by atoms with van der Waals surface area (Å²) in [6, 6.07) is 0. The summed E-state index contributed by atoms with van der Waals surface area (Å²) in [5.41, 5.74) is 1.51. The van der Waals surface area contributed by atoms with Crippen molar-refractivity contribution in [2.75, 3.05) is 6.54 Å². The quantitative estimate of drug-likeness (QED) is 0.847. The molecule has 1 aliphatic rings. The van der Waals surface area contributed by atoms with E-state index in [0.29, 0.717) is 25.9 Å². The Balaban J connectivity index is 2.11. The van der Waals surface area contributed by atoms with Gasteiger partial charge < -0.3 is 10.0 Å². The predicted octanol–water partition coefficient (Wildman–Crippen LogP) is 1.43.